The minimum absolute atomic E-state index is 0.821. The number of thioether (sulfide) groups is 1. The first-order valence-electron chi connectivity index (χ1n) is 9.54. The van der Waals surface area contributed by atoms with Crippen LogP contribution in [-0.4, -0.2) is 70.8 Å². The van der Waals surface area contributed by atoms with Crippen molar-refractivity contribution in [3.8, 4) is 17.0 Å². The van der Waals surface area contributed by atoms with Crippen molar-refractivity contribution in [2.45, 2.75) is 25.4 Å². The van der Waals surface area contributed by atoms with E-state index in [2.05, 4.69) is 43.9 Å². The van der Waals surface area contributed by atoms with Crippen molar-refractivity contribution < 1.29 is 4.74 Å². The van der Waals surface area contributed by atoms with Crippen LogP contribution in [0.4, 0.5) is 0 Å². The van der Waals surface area contributed by atoms with Crippen molar-refractivity contribution in [2.24, 2.45) is 0 Å². The highest BCUT2D eigenvalue weighted by atomic mass is 32.2. The Balaban J connectivity index is 1.36. The van der Waals surface area contributed by atoms with Crippen LogP contribution >= 0.6 is 11.8 Å². The van der Waals surface area contributed by atoms with Gasteiger partial charge in [0.15, 0.2) is 0 Å². The Morgan fingerprint density at radius 3 is 2.54 bits per heavy atom. The second-order valence-corrected chi connectivity index (χ2v) is 8.38. The minimum Gasteiger partial charge on any atom is -0.497 e. The number of methoxy groups -OCH3 is 1. The van der Waals surface area contributed by atoms with Crippen LogP contribution in [-0.2, 0) is 6.54 Å². The van der Waals surface area contributed by atoms with Gasteiger partial charge in [-0.2, -0.15) is 16.9 Å². The lowest BCUT2D eigenvalue weighted by Crippen LogP contribution is -2.50. The van der Waals surface area contributed by atoms with Gasteiger partial charge in [-0.15, -0.1) is 0 Å². The fourth-order valence-electron chi connectivity index (χ4n) is 4.02. The number of rotatable bonds is 5. The average molecular weight is 373 g/mol. The molecule has 0 amide bonds. The monoisotopic (exact) mass is 372 g/mol. The highest BCUT2D eigenvalue weighted by Gasteiger charge is 2.25. The number of piperazine rings is 1. The molecular weight excluding hydrogens is 344 g/mol. The molecule has 1 aromatic carbocycles. The van der Waals surface area contributed by atoms with E-state index in [1.54, 1.807) is 7.11 Å². The summed E-state index contributed by atoms with van der Waals surface area (Å²) in [6.45, 7) is 5.66. The zero-order valence-electron chi connectivity index (χ0n) is 15.5. The fraction of sp³-hybridized carbons (Fsp3) is 0.550. The van der Waals surface area contributed by atoms with E-state index in [1.165, 1.54) is 43.0 Å². The zero-order valence-corrected chi connectivity index (χ0v) is 16.3. The molecule has 2 aromatic rings. The van der Waals surface area contributed by atoms with Gasteiger partial charge in [0, 0.05) is 49.9 Å². The molecule has 0 unspecified atom stereocenters. The number of nitrogens with zero attached hydrogens (tertiary/aromatic N) is 3. The molecule has 0 radical (unpaired) electrons. The molecule has 0 bridgehead atoms. The molecule has 4 rings (SSSR count). The van der Waals surface area contributed by atoms with Gasteiger partial charge in [-0.1, -0.05) is 0 Å². The maximum Gasteiger partial charge on any atom is 0.118 e. The quantitative estimate of drug-likeness (QED) is 0.874. The van der Waals surface area contributed by atoms with Gasteiger partial charge < -0.3 is 4.74 Å². The van der Waals surface area contributed by atoms with Crippen molar-refractivity contribution in [1.29, 1.82) is 0 Å². The summed E-state index contributed by atoms with van der Waals surface area (Å²) in [5, 5.41) is 7.48. The minimum atomic E-state index is 0.821. The van der Waals surface area contributed by atoms with Crippen molar-refractivity contribution in [1.82, 2.24) is 20.0 Å². The molecule has 2 fully saturated rings. The predicted molar refractivity (Wildman–Crippen MR) is 108 cm³/mol. The van der Waals surface area contributed by atoms with Gasteiger partial charge in [-0.05, 0) is 48.6 Å². The van der Waals surface area contributed by atoms with Crippen molar-refractivity contribution in [3.63, 3.8) is 0 Å². The maximum absolute atomic E-state index is 5.26. The number of hydrogen-bond acceptors (Lipinski definition) is 5. The lowest BCUT2D eigenvalue weighted by Gasteiger charge is -2.40. The summed E-state index contributed by atoms with van der Waals surface area (Å²) >= 11 is 2.11. The second-order valence-electron chi connectivity index (χ2n) is 7.15. The van der Waals surface area contributed by atoms with Gasteiger partial charge in [0.25, 0.3) is 0 Å². The Hall–Kier alpha value is -1.50. The molecule has 1 aromatic heterocycles. The van der Waals surface area contributed by atoms with E-state index >= 15 is 0 Å². The average Bonchev–Trinajstić information content (AvgIpc) is 3.17. The standard InChI is InChI=1S/C20H28N4OS/c1-25-19-4-2-16(3-5-19)20-17(14-21-22-20)15-23-8-10-24(11-9-23)18-6-12-26-13-7-18/h2-5,14,18H,6-13,15H2,1H3,(H,21,22). The molecule has 0 atom stereocenters. The van der Waals surface area contributed by atoms with Crippen molar-refractivity contribution in [3.05, 3.63) is 36.0 Å². The topological polar surface area (TPSA) is 44.4 Å². The molecule has 3 heterocycles. The summed E-state index contributed by atoms with van der Waals surface area (Å²) < 4.78 is 5.26. The molecule has 140 valence electrons. The second kappa shape index (κ2) is 8.46. The highest BCUT2D eigenvalue weighted by Crippen LogP contribution is 2.26. The van der Waals surface area contributed by atoms with Crippen LogP contribution in [0.5, 0.6) is 5.75 Å². The molecule has 2 aliphatic rings. The first-order valence-corrected chi connectivity index (χ1v) is 10.7. The Labute approximate surface area is 160 Å². The molecular formula is C20H28N4OS. The zero-order chi connectivity index (χ0) is 17.8. The lowest BCUT2D eigenvalue weighted by atomic mass is 10.1. The highest BCUT2D eigenvalue weighted by molar-refractivity contribution is 7.99. The number of aromatic nitrogens is 2. The van der Waals surface area contributed by atoms with Crippen LogP contribution in [0.25, 0.3) is 11.3 Å². The number of H-pyrrole nitrogens is 1. The van der Waals surface area contributed by atoms with Gasteiger partial charge in [0.2, 0.25) is 0 Å². The van der Waals surface area contributed by atoms with Gasteiger partial charge in [0.1, 0.15) is 5.75 Å². The van der Waals surface area contributed by atoms with Crippen LogP contribution < -0.4 is 4.74 Å². The van der Waals surface area contributed by atoms with Crippen LogP contribution in [0.1, 0.15) is 18.4 Å². The molecule has 1 N–H and O–H groups in total. The smallest absolute Gasteiger partial charge is 0.118 e. The van der Waals surface area contributed by atoms with Gasteiger partial charge in [-0.25, -0.2) is 0 Å². The SMILES string of the molecule is COc1ccc(-c2[nH]ncc2CN2CCN(C3CCSCC3)CC2)cc1. The molecule has 0 spiro atoms. The van der Waals surface area contributed by atoms with E-state index in [4.69, 9.17) is 4.74 Å². The Morgan fingerprint density at radius 1 is 1.12 bits per heavy atom. The first-order chi connectivity index (χ1) is 12.8. The largest absolute Gasteiger partial charge is 0.497 e. The van der Waals surface area contributed by atoms with E-state index in [-0.39, 0.29) is 0 Å². The van der Waals surface area contributed by atoms with Crippen molar-refractivity contribution >= 4 is 11.8 Å². The molecule has 26 heavy (non-hydrogen) atoms. The van der Waals surface area contributed by atoms with E-state index in [1.807, 2.05) is 18.3 Å². The summed E-state index contributed by atoms with van der Waals surface area (Å²) in [5.74, 6) is 3.56. The first kappa shape index (κ1) is 17.9. The number of aromatic amines is 1. The van der Waals surface area contributed by atoms with Gasteiger partial charge in [0.05, 0.1) is 19.0 Å². The summed E-state index contributed by atoms with van der Waals surface area (Å²) in [7, 11) is 1.70. The van der Waals surface area contributed by atoms with Crippen LogP contribution in [0.3, 0.4) is 0 Å². The van der Waals surface area contributed by atoms with E-state index < -0.39 is 0 Å². The predicted octanol–water partition coefficient (Wildman–Crippen LogP) is 3.10. The summed E-state index contributed by atoms with van der Waals surface area (Å²) in [6, 6.07) is 9.01. The fourth-order valence-corrected chi connectivity index (χ4v) is 5.10. The third-order valence-electron chi connectivity index (χ3n) is 5.60. The maximum atomic E-state index is 5.26. The Morgan fingerprint density at radius 2 is 1.85 bits per heavy atom. The lowest BCUT2D eigenvalue weighted by molar-refractivity contribution is 0.0881. The third kappa shape index (κ3) is 4.08. The van der Waals surface area contributed by atoms with Gasteiger partial charge in [-0.3, -0.25) is 14.9 Å². The van der Waals surface area contributed by atoms with E-state index in [0.29, 0.717) is 0 Å². The van der Waals surface area contributed by atoms with Crippen LogP contribution in [0.15, 0.2) is 30.5 Å². The number of benzene rings is 1. The number of nitrogens with one attached hydrogen (secondary N) is 1. The normalized spacial score (nSPS) is 20.3. The third-order valence-corrected chi connectivity index (χ3v) is 6.65. The summed E-state index contributed by atoms with van der Waals surface area (Å²) in [6.07, 6.45) is 4.71. The van der Waals surface area contributed by atoms with E-state index in [0.717, 1.165) is 42.7 Å². The molecule has 0 aliphatic carbocycles. The molecule has 6 heteroatoms. The molecule has 2 aliphatic heterocycles. The molecule has 2 saturated heterocycles. The van der Waals surface area contributed by atoms with Crippen LogP contribution in [0.2, 0.25) is 0 Å². The Bertz CT molecular complexity index is 688. The van der Waals surface area contributed by atoms with E-state index in [9.17, 15) is 0 Å². The summed E-state index contributed by atoms with van der Waals surface area (Å²) in [4.78, 5) is 5.28. The molecule has 0 saturated carbocycles. The van der Waals surface area contributed by atoms with Crippen molar-refractivity contribution in [2.75, 3.05) is 44.8 Å². The number of hydrogen-bond donors (Lipinski definition) is 1. The summed E-state index contributed by atoms with van der Waals surface area (Å²) in [5.41, 5.74) is 3.56. The van der Waals surface area contributed by atoms with Crippen LogP contribution in [0, 0.1) is 0 Å². The number of ether oxygens (including phenoxy) is 1. The molecule has 5 nitrogen and oxygen atoms in total. The van der Waals surface area contributed by atoms with Gasteiger partial charge >= 0.3 is 0 Å². The Kier molecular flexibility index (Phi) is 5.82.